The van der Waals surface area contributed by atoms with Crippen molar-refractivity contribution in [1.82, 2.24) is 8.87 Å². The van der Waals surface area contributed by atoms with Gasteiger partial charge in [-0.25, -0.2) is 12.7 Å². The van der Waals surface area contributed by atoms with Gasteiger partial charge in [-0.2, -0.15) is 0 Å². The molecule has 7 heteroatoms. The predicted octanol–water partition coefficient (Wildman–Crippen LogP) is 2.22. The molecule has 6 nitrogen and oxygen atoms in total. The molecule has 140 valence electrons. The van der Waals surface area contributed by atoms with E-state index in [0.717, 1.165) is 31.1 Å². The lowest BCUT2D eigenvalue weighted by molar-refractivity contribution is 0.0969. The molecule has 2 aromatic rings. The summed E-state index contributed by atoms with van der Waals surface area (Å²) in [6.45, 7) is 7.58. The van der Waals surface area contributed by atoms with Crippen molar-refractivity contribution in [2.24, 2.45) is 0 Å². The van der Waals surface area contributed by atoms with Gasteiger partial charge in [0.1, 0.15) is 0 Å². The van der Waals surface area contributed by atoms with Crippen LogP contribution in [-0.4, -0.2) is 37.2 Å². The zero-order valence-electron chi connectivity index (χ0n) is 16.0. The summed E-state index contributed by atoms with van der Waals surface area (Å²) in [4.78, 5) is 24.9. The molecule has 2 rings (SSSR count). The van der Waals surface area contributed by atoms with Gasteiger partial charge in [0, 0.05) is 31.9 Å². The Labute approximate surface area is 154 Å². The highest BCUT2D eigenvalue weighted by molar-refractivity contribution is 7.89. The van der Waals surface area contributed by atoms with Crippen molar-refractivity contribution in [3.8, 4) is 0 Å². The van der Waals surface area contributed by atoms with E-state index in [4.69, 9.17) is 0 Å². The maximum atomic E-state index is 12.8. The van der Waals surface area contributed by atoms with Crippen LogP contribution in [0.15, 0.2) is 34.1 Å². The Morgan fingerprint density at radius 2 is 1.65 bits per heavy atom. The zero-order valence-corrected chi connectivity index (χ0v) is 16.8. The number of aryl methyl sites for hydroxylation is 1. The molecule has 26 heavy (non-hydrogen) atoms. The summed E-state index contributed by atoms with van der Waals surface area (Å²) in [6, 6.07) is 4.25. The van der Waals surface area contributed by atoms with Crippen LogP contribution in [0.1, 0.15) is 32.6 Å². The molecule has 0 saturated carbocycles. The molecule has 0 aliphatic heterocycles. The molecule has 0 spiro atoms. The first-order valence-corrected chi connectivity index (χ1v) is 9.64. The average molecular weight is 376 g/mol. The molecule has 0 amide bonds. The highest BCUT2D eigenvalue weighted by Crippen LogP contribution is 2.22. The summed E-state index contributed by atoms with van der Waals surface area (Å²) in [6.07, 6.45) is 1.22. The third-order valence-corrected chi connectivity index (χ3v) is 6.63. The van der Waals surface area contributed by atoms with Crippen LogP contribution in [0.5, 0.6) is 0 Å². The summed E-state index contributed by atoms with van der Waals surface area (Å²) in [5, 5.41) is 0. The second kappa shape index (κ2) is 7.17. The summed E-state index contributed by atoms with van der Waals surface area (Å²) >= 11 is 0. The third-order valence-electron chi connectivity index (χ3n) is 4.83. The molecule has 1 aromatic heterocycles. The number of carbonyl (C=O) groups excluding carboxylic acids is 1. The number of hydrogen-bond donors (Lipinski definition) is 0. The van der Waals surface area contributed by atoms with Gasteiger partial charge in [0.2, 0.25) is 10.0 Å². The second-order valence-electron chi connectivity index (χ2n) is 6.66. The number of aromatic nitrogens is 1. The zero-order chi connectivity index (χ0) is 19.8. The summed E-state index contributed by atoms with van der Waals surface area (Å²) < 4.78 is 26.7. The van der Waals surface area contributed by atoms with E-state index in [1.807, 2.05) is 33.8 Å². The minimum atomic E-state index is -3.68. The minimum absolute atomic E-state index is 0.0251. The van der Waals surface area contributed by atoms with Gasteiger partial charge in [0.05, 0.1) is 11.4 Å². The van der Waals surface area contributed by atoms with Crippen molar-refractivity contribution in [2.75, 3.05) is 14.1 Å². The third kappa shape index (κ3) is 3.64. The number of Topliss-reactive ketones (excluding diaryl/α,β-unsaturated/α-hetero) is 1. The smallest absolute Gasteiger partial charge is 0.251 e. The minimum Gasteiger partial charge on any atom is -0.306 e. The first-order chi connectivity index (χ1) is 12.0. The van der Waals surface area contributed by atoms with E-state index in [0.29, 0.717) is 5.56 Å². The number of nitrogens with zero attached hydrogens (tertiary/aromatic N) is 2. The molecule has 0 bridgehead atoms. The number of ketones is 1. The Morgan fingerprint density at radius 1 is 1.04 bits per heavy atom. The van der Waals surface area contributed by atoms with Gasteiger partial charge < -0.3 is 4.57 Å². The number of rotatable bonds is 5. The molecule has 0 fully saturated rings. The van der Waals surface area contributed by atoms with Gasteiger partial charge in [0.15, 0.2) is 5.78 Å². The fourth-order valence-corrected chi connectivity index (χ4v) is 3.66. The standard InChI is InChI=1S/C19H24N2O4S/c1-12-9-17(15(4)14(3)13(12)2)18(22)11-21-10-16(7-8-19(21)23)26(24,25)20(5)6/h7-10H,11H2,1-6H3. The molecule has 0 N–H and O–H groups in total. The molecule has 0 aliphatic rings. The normalized spacial score (nSPS) is 11.8. The highest BCUT2D eigenvalue weighted by atomic mass is 32.2. The molecular formula is C19H24N2O4S. The van der Waals surface area contributed by atoms with E-state index in [2.05, 4.69) is 0 Å². The largest absolute Gasteiger partial charge is 0.306 e. The lowest BCUT2D eigenvalue weighted by Gasteiger charge is -2.15. The monoisotopic (exact) mass is 376 g/mol. The van der Waals surface area contributed by atoms with Crippen LogP contribution in [0.2, 0.25) is 0 Å². The van der Waals surface area contributed by atoms with E-state index in [1.54, 1.807) is 0 Å². The number of pyridine rings is 1. The van der Waals surface area contributed by atoms with Gasteiger partial charge in [-0.05, 0) is 62.1 Å². The summed E-state index contributed by atoms with van der Waals surface area (Å²) in [5.41, 5.74) is 4.20. The molecule has 0 aliphatic carbocycles. The molecule has 1 heterocycles. The lowest BCUT2D eigenvalue weighted by Crippen LogP contribution is -2.27. The Bertz CT molecular complexity index is 1030. The first-order valence-electron chi connectivity index (χ1n) is 8.20. The number of sulfonamides is 1. The van der Waals surface area contributed by atoms with Crippen molar-refractivity contribution < 1.29 is 13.2 Å². The highest BCUT2D eigenvalue weighted by Gasteiger charge is 2.20. The van der Waals surface area contributed by atoms with Crippen LogP contribution in [0.4, 0.5) is 0 Å². The van der Waals surface area contributed by atoms with Crippen molar-refractivity contribution in [1.29, 1.82) is 0 Å². The van der Waals surface area contributed by atoms with E-state index < -0.39 is 15.6 Å². The molecule has 0 unspecified atom stereocenters. The first kappa shape index (κ1) is 20.1. The average Bonchev–Trinajstić information content (AvgIpc) is 2.57. The van der Waals surface area contributed by atoms with Crippen molar-refractivity contribution in [3.63, 3.8) is 0 Å². The fraction of sp³-hybridized carbons (Fsp3) is 0.368. The maximum absolute atomic E-state index is 12.8. The molecule has 0 atom stereocenters. The van der Waals surface area contributed by atoms with E-state index in [9.17, 15) is 18.0 Å². The Hall–Kier alpha value is -2.25. The van der Waals surface area contributed by atoms with Gasteiger partial charge in [-0.15, -0.1) is 0 Å². The Balaban J connectivity index is 2.47. The molecular weight excluding hydrogens is 352 g/mol. The summed E-state index contributed by atoms with van der Waals surface area (Å²) in [7, 11) is -0.854. The number of carbonyl (C=O) groups is 1. The van der Waals surface area contributed by atoms with Gasteiger partial charge in [-0.1, -0.05) is 0 Å². The lowest BCUT2D eigenvalue weighted by atomic mass is 9.92. The Kier molecular flexibility index (Phi) is 5.53. The van der Waals surface area contributed by atoms with E-state index in [1.165, 1.54) is 32.4 Å². The van der Waals surface area contributed by atoms with Crippen LogP contribution in [0.25, 0.3) is 0 Å². The molecule has 0 saturated heterocycles. The van der Waals surface area contributed by atoms with Crippen molar-refractivity contribution in [3.05, 3.63) is 62.6 Å². The fourth-order valence-electron chi connectivity index (χ4n) is 2.74. The quantitative estimate of drug-likeness (QED) is 0.750. The van der Waals surface area contributed by atoms with Crippen LogP contribution in [-0.2, 0) is 16.6 Å². The Morgan fingerprint density at radius 3 is 2.23 bits per heavy atom. The molecule has 0 radical (unpaired) electrons. The molecule has 1 aromatic carbocycles. The topological polar surface area (TPSA) is 76.5 Å². The predicted molar refractivity (Wildman–Crippen MR) is 101 cm³/mol. The maximum Gasteiger partial charge on any atom is 0.251 e. The summed E-state index contributed by atoms with van der Waals surface area (Å²) in [5.74, 6) is -0.227. The second-order valence-corrected chi connectivity index (χ2v) is 8.81. The van der Waals surface area contributed by atoms with Crippen molar-refractivity contribution in [2.45, 2.75) is 39.1 Å². The van der Waals surface area contributed by atoms with Gasteiger partial charge in [0.25, 0.3) is 5.56 Å². The van der Waals surface area contributed by atoms with E-state index >= 15 is 0 Å². The van der Waals surface area contributed by atoms with Crippen LogP contribution in [0, 0.1) is 27.7 Å². The SMILES string of the molecule is Cc1cc(C(=O)Cn2cc(S(=O)(=O)N(C)C)ccc2=O)c(C)c(C)c1C. The van der Waals surface area contributed by atoms with Gasteiger partial charge >= 0.3 is 0 Å². The van der Waals surface area contributed by atoms with Crippen LogP contribution in [0.3, 0.4) is 0 Å². The van der Waals surface area contributed by atoms with Crippen LogP contribution >= 0.6 is 0 Å². The van der Waals surface area contributed by atoms with E-state index in [-0.39, 0.29) is 17.2 Å². The number of hydrogen-bond acceptors (Lipinski definition) is 4. The number of benzene rings is 1. The van der Waals surface area contributed by atoms with Crippen molar-refractivity contribution >= 4 is 15.8 Å². The van der Waals surface area contributed by atoms with Gasteiger partial charge in [-0.3, -0.25) is 9.59 Å². The van der Waals surface area contributed by atoms with Crippen LogP contribution < -0.4 is 5.56 Å².